The van der Waals surface area contributed by atoms with E-state index in [0.717, 1.165) is 11.3 Å². The molecule has 2 rings (SSSR count). The van der Waals surface area contributed by atoms with E-state index in [-0.39, 0.29) is 11.6 Å². The first-order chi connectivity index (χ1) is 9.49. The van der Waals surface area contributed by atoms with E-state index in [1.807, 2.05) is 11.8 Å². The average Bonchev–Trinajstić information content (AvgIpc) is 2.40. The minimum Gasteiger partial charge on any atom is -0.478 e. The largest absolute Gasteiger partial charge is 0.478 e. The normalized spacial score (nSPS) is 18.7. The van der Waals surface area contributed by atoms with E-state index in [9.17, 15) is 14.7 Å². The Morgan fingerprint density at radius 2 is 2.20 bits per heavy atom. The molecule has 0 radical (unpaired) electrons. The number of benzene rings is 1. The third-order valence-electron chi connectivity index (χ3n) is 3.26. The van der Waals surface area contributed by atoms with Gasteiger partial charge in [0.15, 0.2) is 0 Å². The molecule has 1 atom stereocenters. The summed E-state index contributed by atoms with van der Waals surface area (Å²) in [6, 6.07) is 4.73. The van der Waals surface area contributed by atoms with Crippen LogP contribution in [0.5, 0.6) is 0 Å². The van der Waals surface area contributed by atoms with Gasteiger partial charge >= 0.3 is 12.0 Å². The molecule has 1 aliphatic heterocycles. The van der Waals surface area contributed by atoms with Crippen molar-refractivity contribution in [3.05, 3.63) is 29.3 Å². The maximum atomic E-state index is 12.3. The lowest BCUT2D eigenvalue weighted by molar-refractivity contribution is 0.0698. The molecule has 20 heavy (non-hydrogen) atoms. The molecule has 5 nitrogen and oxygen atoms in total. The van der Waals surface area contributed by atoms with Crippen LogP contribution in [0.2, 0.25) is 0 Å². The maximum absolute atomic E-state index is 12.3. The van der Waals surface area contributed by atoms with Gasteiger partial charge in [0, 0.05) is 24.1 Å². The Hall–Kier alpha value is -1.69. The van der Waals surface area contributed by atoms with Gasteiger partial charge in [-0.1, -0.05) is 19.1 Å². The number of carboxylic acid groups (broad SMARTS) is 1. The Balaban J connectivity index is 2.17. The zero-order valence-electron chi connectivity index (χ0n) is 11.5. The van der Waals surface area contributed by atoms with E-state index >= 15 is 0 Å². The summed E-state index contributed by atoms with van der Waals surface area (Å²) in [5.74, 6) is -0.125. The van der Waals surface area contributed by atoms with Crippen molar-refractivity contribution in [3.8, 4) is 0 Å². The summed E-state index contributed by atoms with van der Waals surface area (Å²) in [6.07, 6.45) is 0. The number of aryl methyl sites for hydroxylation is 1. The monoisotopic (exact) mass is 294 g/mol. The SMILES string of the molecule is Cc1cccc(C(=O)O)c1NC(=O)N1CCSC(C)C1. The molecular formula is C14H18N2O3S. The van der Waals surface area contributed by atoms with E-state index < -0.39 is 5.97 Å². The molecule has 1 fully saturated rings. The van der Waals surface area contributed by atoms with Gasteiger partial charge in [-0.3, -0.25) is 0 Å². The molecule has 1 unspecified atom stereocenters. The second-order valence-corrected chi connectivity index (χ2v) is 6.41. The summed E-state index contributed by atoms with van der Waals surface area (Å²) in [5, 5.41) is 12.3. The van der Waals surface area contributed by atoms with Crippen molar-refractivity contribution >= 4 is 29.4 Å². The lowest BCUT2D eigenvalue weighted by Crippen LogP contribution is -2.43. The van der Waals surface area contributed by atoms with Gasteiger partial charge in [-0.05, 0) is 18.6 Å². The molecule has 6 heteroatoms. The van der Waals surface area contributed by atoms with Gasteiger partial charge in [0.25, 0.3) is 0 Å². The molecule has 2 amide bonds. The number of anilines is 1. The van der Waals surface area contributed by atoms with Gasteiger partial charge in [0.1, 0.15) is 0 Å². The van der Waals surface area contributed by atoms with Gasteiger partial charge in [-0.25, -0.2) is 9.59 Å². The van der Waals surface area contributed by atoms with Crippen LogP contribution < -0.4 is 5.32 Å². The minimum absolute atomic E-state index is 0.123. The van der Waals surface area contributed by atoms with Crippen molar-refractivity contribution < 1.29 is 14.7 Å². The first-order valence-corrected chi connectivity index (χ1v) is 7.54. The average molecular weight is 294 g/mol. The maximum Gasteiger partial charge on any atom is 0.337 e. The van der Waals surface area contributed by atoms with Crippen LogP contribution in [0.25, 0.3) is 0 Å². The number of nitrogens with one attached hydrogen (secondary N) is 1. The van der Waals surface area contributed by atoms with Crippen molar-refractivity contribution in [1.29, 1.82) is 0 Å². The third-order valence-corrected chi connectivity index (χ3v) is 4.40. The molecule has 0 aliphatic carbocycles. The number of amides is 2. The summed E-state index contributed by atoms with van der Waals surface area (Å²) in [5.41, 5.74) is 1.26. The molecule has 1 aromatic rings. The molecule has 108 valence electrons. The number of carbonyl (C=O) groups is 2. The van der Waals surface area contributed by atoms with E-state index in [0.29, 0.717) is 24.0 Å². The number of carboxylic acids is 1. The Morgan fingerprint density at radius 1 is 1.45 bits per heavy atom. The number of carbonyl (C=O) groups excluding carboxylic acids is 1. The zero-order chi connectivity index (χ0) is 14.7. The predicted molar refractivity (Wildman–Crippen MR) is 80.7 cm³/mol. The number of urea groups is 1. The molecule has 1 heterocycles. The zero-order valence-corrected chi connectivity index (χ0v) is 12.4. The number of rotatable bonds is 2. The van der Waals surface area contributed by atoms with E-state index in [1.54, 1.807) is 24.0 Å². The number of hydrogen-bond acceptors (Lipinski definition) is 3. The topological polar surface area (TPSA) is 69.6 Å². The van der Waals surface area contributed by atoms with E-state index in [2.05, 4.69) is 12.2 Å². The predicted octanol–water partition coefficient (Wildman–Crippen LogP) is 2.66. The van der Waals surface area contributed by atoms with Crippen LogP contribution in [0.1, 0.15) is 22.8 Å². The van der Waals surface area contributed by atoms with Crippen LogP contribution in [0.3, 0.4) is 0 Å². The van der Waals surface area contributed by atoms with Gasteiger partial charge < -0.3 is 15.3 Å². The molecule has 0 spiro atoms. The van der Waals surface area contributed by atoms with Crippen LogP contribution in [-0.2, 0) is 0 Å². The van der Waals surface area contributed by atoms with Crippen LogP contribution in [0.4, 0.5) is 10.5 Å². The fourth-order valence-electron chi connectivity index (χ4n) is 2.20. The Labute approximate surface area is 122 Å². The number of aromatic carboxylic acids is 1. The first kappa shape index (κ1) is 14.7. The number of hydrogen-bond donors (Lipinski definition) is 2. The second kappa shape index (κ2) is 6.17. The molecular weight excluding hydrogens is 276 g/mol. The summed E-state index contributed by atoms with van der Waals surface area (Å²) in [4.78, 5) is 25.2. The summed E-state index contributed by atoms with van der Waals surface area (Å²) >= 11 is 1.84. The standard InChI is InChI=1S/C14H18N2O3S/c1-9-4-3-5-11(13(17)18)12(9)15-14(19)16-6-7-20-10(2)8-16/h3-5,10H,6-8H2,1-2H3,(H,15,19)(H,17,18). The molecule has 1 aliphatic rings. The molecule has 0 bridgehead atoms. The molecule has 1 aromatic carbocycles. The highest BCUT2D eigenvalue weighted by Gasteiger charge is 2.23. The second-order valence-electron chi connectivity index (χ2n) is 4.86. The van der Waals surface area contributed by atoms with Crippen molar-refractivity contribution in [3.63, 3.8) is 0 Å². The highest BCUT2D eigenvalue weighted by Crippen LogP contribution is 2.23. The highest BCUT2D eigenvalue weighted by atomic mass is 32.2. The van der Waals surface area contributed by atoms with Crippen LogP contribution in [0, 0.1) is 6.92 Å². The molecule has 2 N–H and O–H groups in total. The van der Waals surface area contributed by atoms with Crippen molar-refractivity contribution in [1.82, 2.24) is 4.90 Å². The summed E-state index contributed by atoms with van der Waals surface area (Å²) in [6.45, 7) is 5.25. The number of nitrogens with zero attached hydrogens (tertiary/aromatic N) is 1. The number of thioether (sulfide) groups is 1. The van der Waals surface area contributed by atoms with Crippen LogP contribution in [-0.4, -0.2) is 46.1 Å². The molecule has 0 saturated carbocycles. The number of para-hydroxylation sites is 1. The molecule has 0 aromatic heterocycles. The Bertz CT molecular complexity index is 533. The first-order valence-electron chi connectivity index (χ1n) is 6.49. The Morgan fingerprint density at radius 3 is 2.85 bits per heavy atom. The van der Waals surface area contributed by atoms with Gasteiger partial charge in [0.2, 0.25) is 0 Å². The lowest BCUT2D eigenvalue weighted by Gasteiger charge is -2.31. The lowest BCUT2D eigenvalue weighted by atomic mass is 10.1. The van der Waals surface area contributed by atoms with E-state index in [4.69, 9.17) is 0 Å². The highest BCUT2D eigenvalue weighted by molar-refractivity contribution is 7.99. The van der Waals surface area contributed by atoms with Gasteiger partial charge in [-0.15, -0.1) is 0 Å². The fraction of sp³-hybridized carbons (Fsp3) is 0.429. The van der Waals surface area contributed by atoms with Crippen molar-refractivity contribution in [2.45, 2.75) is 19.1 Å². The van der Waals surface area contributed by atoms with Crippen LogP contribution >= 0.6 is 11.8 Å². The van der Waals surface area contributed by atoms with Crippen molar-refractivity contribution in [2.75, 3.05) is 24.2 Å². The van der Waals surface area contributed by atoms with Gasteiger partial charge in [0.05, 0.1) is 11.3 Å². The van der Waals surface area contributed by atoms with Crippen molar-refractivity contribution in [2.24, 2.45) is 0 Å². The van der Waals surface area contributed by atoms with Gasteiger partial charge in [-0.2, -0.15) is 11.8 Å². The smallest absolute Gasteiger partial charge is 0.337 e. The summed E-state index contributed by atoms with van der Waals surface area (Å²) < 4.78 is 0. The van der Waals surface area contributed by atoms with Crippen LogP contribution in [0.15, 0.2) is 18.2 Å². The third kappa shape index (κ3) is 3.25. The summed E-state index contributed by atoms with van der Waals surface area (Å²) in [7, 11) is 0. The van der Waals surface area contributed by atoms with E-state index in [1.165, 1.54) is 6.07 Å². The minimum atomic E-state index is -1.04. The Kier molecular flexibility index (Phi) is 4.54. The quantitative estimate of drug-likeness (QED) is 0.880. The fourth-order valence-corrected chi connectivity index (χ4v) is 3.21. The molecule has 1 saturated heterocycles.